The Hall–Kier alpha value is -4.21. The van der Waals surface area contributed by atoms with Crippen molar-refractivity contribution in [2.45, 2.75) is 17.9 Å². The second kappa shape index (κ2) is 12.1. The Balaban J connectivity index is 1.69. The Kier molecular flexibility index (Phi) is 8.80. The summed E-state index contributed by atoms with van der Waals surface area (Å²) in [6.45, 7) is 0.584. The van der Waals surface area contributed by atoms with Crippen molar-refractivity contribution in [3.05, 3.63) is 65.2 Å². The van der Waals surface area contributed by atoms with Crippen LogP contribution in [0.2, 0.25) is 0 Å². The van der Waals surface area contributed by atoms with Gasteiger partial charge in [-0.1, -0.05) is 6.07 Å². The molecular formula is C26H27F3N6O5S. The summed E-state index contributed by atoms with van der Waals surface area (Å²) in [5.74, 6) is -4.54. The molecule has 0 bridgehead atoms. The van der Waals surface area contributed by atoms with Gasteiger partial charge >= 0.3 is 0 Å². The van der Waals surface area contributed by atoms with E-state index in [1.54, 1.807) is 0 Å². The SMILES string of the molecule is COc1ncc(CO)cc1S(=O)(=O)Nc1ccc(F)c(-c2ccc3c(C(=O)NCCCN(C)C)[nH]nc3c2F)c1F. The molecule has 15 heteroatoms. The van der Waals surface area contributed by atoms with Crippen LogP contribution in [0.4, 0.5) is 18.9 Å². The van der Waals surface area contributed by atoms with Crippen molar-refractivity contribution in [3.63, 3.8) is 0 Å². The summed E-state index contributed by atoms with van der Waals surface area (Å²) < 4.78 is 79.2. The quantitative estimate of drug-likeness (QED) is 0.194. The van der Waals surface area contributed by atoms with E-state index in [0.29, 0.717) is 13.0 Å². The van der Waals surface area contributed by atoms with E-state index in [1.807, 2.05) is 23.7 Å². The number of sulfonamides is 1. The number of aliphatic hydroxyl groups is 1. The highest BCUT2D eigenvalue weighted by molar-refractivity contribution is 7.92. The summed E-state index contributed by atoms with van der Waals surface area (Å²) in [7, 11) is 0.404. The second-order valence-electron chi connectivity index (χ2n) is 9.23. The number of methoxy groups -OCH3 is 1. The number of halogens is 3. The largest absolute Gasteiger partial charge is 0.480 e. The summed E-state index contributed by atoms with van der Waals surface area (Å²) >= 11 is 0. The van der Waals surface area contributed by atoms with Crippen molar-refractivity contribution in [3.8, 4) is 17.0 Å². The summed E-state index contributed by atoms with van der Waals surface area (Å²) in [5, 5.41) is 18.4. The fourth-order valence-corrected chi connectivity index (χ4v) is 5.31. The molecular weight excluding hydrogens is 565 g/mol. The van der Waals surface area contributed by atoms with Gasteiger partial charge in [-0.25, -0.2) is 26.6 Å². The fraction of sp³-hybridized carbons (Fsp3) is 0.269. The molecule has 0 radical (unpaired) electrons. The van der Waals surface area contributed by atoms with Gasteiger partial charge in [-0.05, 0) is 56.9 Å². The molecule has 0 spiro atoms. The maximum atomic E-state index is 15.6. The fourth-order valence-electron chi connectivity index (χ4n) is 4.08. The first-order chi connectivity index (χ1) is 19.5. The number of hydrogen-bond acceptors (Lipinski definition) is 8. The molecule has 4 aromatic rings. The lowest BCUT2D eigenvalue weighted by Gasteiger charge is -2.15. The second-order valence-corrected chi connectivity index (χ2v) is 10.9. The van der Waals surface area contributed by atoms with E-state index in [0.717, 1.165) is 30.8 Å². The van der Waals surface area contributed by atoms with Crippen molar-refractivity contribution in [2.75, 3.05) is 39.0 Å². The monoisotopic (exact) mass is 592 g/mol. The average molecular weight is 593 g/mol. The summed E-state index contributed by atoms with van der Waals surface area (Å²) in [6, 6.07) is 5.06. The number of benzene rings is 2. The molecule has 0 unspecified atom stereocenters. The summed E-state index contributed by atoms with van der Waals surface area (Å²) in [6.07, 6.45) is 1.88. The zero-order chi connectivity index (χ0) is 29.9. The maximum absolute atomic E-state index is 15.6. The predicted octanol–water partition coefficient (Wildman–Crippen LogP) is 3.03. The van der Waals surface area contributed by atoms with Gasteiger partial charge in [0.25, 0.3) is 15.9 Å². The molecule has 0 fully saturated rings. The lowest BCUT2D eigenvalue weighted by molar-refractivity contribution is 0.0949. The number of hydrogen-bond donors (Lipinski definition) is 4. The number of nitrogens with one attached hydrogen (secondary N) is 3. The molecule has 0 aliphatic rings. The highest BCUT2D eigenvalue weighted by Crippen LogP contribution is 2.36. The van der Waals surface area contributed by atoms with Crippen molar-refractivity contribution < 1.29 is 36.2 Å². The molecule has 1 amide bonds. The van der Waals surface area contributed by atoms with E-state index in [1.165, 1.54) is 19.4 Å². The number of pyridine rings is 1. The van der Waals surface area contributed by atoms with E-state index >= 15 is 8.78 Å². The average Bonchev–Trinajstić information content (AvgIpc) is 3.38. The molecule has 2 aromatic heterocycles. The molecule has 2 aromatic carbocycles. The number of aromatic nitrogens is 3. The van der Waals surface area contributed by atoms with Crippen LogP contribution in [0.3, 0.4) is 0 Å². The van der Waals surface area contributed by atoms with Crippen LogP contribution in [0.15, 0.2) is 41.4 Å². The summed E-state index contributed by atoms with van der Waals surface area (Å²) in [5.41, 5.74) is -2.29. The number of nitrogens with zero attached hydrogens (tertiary/aromatic N) is 3. The third kappa shape index (κ3) is 6.11. The Bertz CT molecular complexity index is 1710. The zero-order valence-corrected chi connectivity index (χ0v) is 23.1. The molecule has 4 N–H and O–H groups in total. The van der Waals surface area contributed by atoms with Crippen LogP contribution < -0.4 is 14.8 Å². The number of aliphatic hydroxyl groups excluding tert-OH is 1. The topological polar surface area (TPSA) is 150 Å². The standard InChI is InChI=1S/C26H27F3N6O5S/c1-35(2)10-4-9-30-25(37)24-16-6-5-15(21(28)23(16)32-33-24)20-17(27)7-8-18(22(20)29)34-41(38,39)19-11-14(13-36)12-31-26(19)40-3/h5-8,11-12,34,36H,4,9-10,13H2,1-3H3,(H,30,37)(H,32,33). The van der Waals surface area contributed by atoms with E-state index < -0.39 is 61.7 Å². The normalized spacial score (nSPS) is 11.7. The molecule has 2 heterocycles. The van der Waals surface area contributed by atoms with E-state index in [9.17, 15) is 22.7 Å². The number of fused-ring (bicyclic) bond motifs is 1. The van der Waals surface area contributed by atoms with Gasteiger partial charge in [-0.2, -0.15) is 5.10 Å². The van der Waals surface area contributed by atoms with Crippen LogP contribution in [-0.4, -0.2) is 73.8 Å². The number of ether oxygens (including phenoxy) is 1. The number of carbonyl (C=O) groups is 1. The van der Waals surface area contributed by atoms with Crippen molar-refractivity contribution in [2.24, 2.45) is 0 Å². The Morgan fingerprint density at radius 1 is 1.15 bits per heavy atom. The smallest absolute Gasteiger partial charge is 0.269 e. The van der Waals surface area contributed by atoms with Gasteiger partial charge in [-0.3, -0.25) is 14.6 Å². The van der Waals surface area contributed by atoms with Crippen LogP contribution in [0.25, 0.3) is 22.0 Å². The Morgan fingerprint density at radius 3 is 2.59 bits per heavy atom. The van der Waals surface area contributed by atoms with Gasteiger partial charge in [-0.15, -0.1) is 0 Å². The highest BCUT2D eigenvalue weighted by Gasteiger charge is 2.27. The summed E-state index contributed by atoms with van der Waals surface area (Å²) in [4.78, 5) is 17.9. The third-order valence-electron chi connectivity index (χ3n) is 6.10. The van der Waals surface area contributed by atoms with Gasteiger partial charge in [0, 0.05) is 23.7 Å². The van der Waals surface area contributed by atoms with E-state index in [4.69, 9.17) is 4.74 Å². The molecule has 41 heavy (non-hydrogen) atoms. The first-order valence-electron chi connectivity index (χ1n) is 12.2. The van der Waals surface area contributed by atoms with E-state index in [-0.39, 0.29) is 28.0 Å². The number of anilines is 1. The number of aromatic amines is 1. The van der Waals surface area contributed by atoms with Gasteiger partial charge in [0.05, 0.1) is 25.0 Å². The minimum absolute atomic E-state index is 0.0228. The van der Waals surface area contributed by atoms with Crippen molar-refractivity contribution in [1.29, 1.82) is 0 Å². The number of rotatable bonds is 11. The molecule has 0 aliphatic heterocycles. The molecule has 0 saturated carbocycles. The van der Waals surface area contributed by atoms with Crippen molar-refractivity contribution >= 4 is 32.5 Å². The van der Waals surface area contributed by atoms with Gasteiger partial charge < -0.3 is 20.1 Å². The molecule has 11 nitrogen and oxygen atoms in total. The lowest BCUT2D eigenvalue weighted by atomic mass is 10.0. The molecule has 0 aliphatic carbocycles. The van der Waals surface area contributed by atoms with Gasteiger partial charge in [0.1, 0.15) is 21.9 Å². The lowest BCUT2D eigenvalue weighted by Crippen LogP contribution is -2.27. The van der Waals surface area contributed by atoms with Crippen LogP contribution in [-0.2, 0) is 16.6 Å². The number of amides is 1. The molecule has 4 rings (SSSR count). The number of H-pyrrole nitrogens is 1. The molecule has 218 valence electrons. The van der Waals surface area contributed by atoms with Crippen LogP contribution >= 0.6 is 0 Å². The minimum Gasteiger partial charge on any atom is -0.480 e. The van der Waals surface area contributed by atoms with Crippen LogP contribution in [0.5, 0.6) is 5.88 Å². The zero-order valence-electron chi connectivity index (χ0n) is 22.3. The highest BCUT2D eigenvalue weighted by atomic mass is 32.2. The first-order valence-corrected chi connectivity index (χ1v) is 13.7. The third-order valence-corrected chi connectivity index (χ3v) is 7.46. The van der Waals surface area contributed by atoms with Gasteiger partial charge in [0.2, 0.25) is 5.88 Å². The van der Waals surface area contributed by atoms with Gasteiger partial charge in [0.15, 0.2) is 11.6 Å². The van der Waals surface area contributed by atoms with E-state index in [2.05, 4.69) is 20.5 Å². The number of carbonyl (C=O) groups excluding carboxylic acids is 1. The Morgan fingerprint density at radius 2 is 1.90 bits per heavy atom. The van der Waals surface area contributed by atoms with Crippen molar-refractivity contribution in [1.82, 2.24) is 25.4 Å². The van der Waals surface area contributed by atoms with Crippen LogP contribution in [0, 0.1) is 17.5 Å². The Labute approximate surface area is 233 Å². The maximum Gasteiger partial charge on any atom is 0.269 e. The predicted molar refractivity (Wildman–Crippen MR) is 144 cm³/mol. The molecule has 0 saturated heterocycles. The minimum atomic E-state index is -4.56. The van der Waals surface area contributed by atoms with Crippen LogP contribution in [0.1, 0.15) is 22.5 Å². The molecule has 0 atom stereocenters. The first kappa shape index (κ1) is 29.8.